The van der Waals surface area contributed by atoms with Gasteiger partial charge in [-0.1, -0.05) is 13.8 Å². The number of carbonyl (C=O) groups is 1. The molecule has 2 amide bonds. The second-order valence-corrected chi connectivity index (χ2v) is 11.3. The number of urea groups is 1. The molecule has 2 saturated heterocycles. The lowest BCUT2D eigenvalue weighted by Crippen LogP contribution is -2.61. The van der Waals surface area contributed by atoms with Crippen molar-refractivity contribution in [3.05, 3.63) is 0 Å². The number of nitrogens with one attached hydrogen (secondary N) is 1. The Hall–Kier alpha value is -0.860. The van der Waals surface area contributed by atoms with E-state index in [0.717, 1.165) is 57.5 Å². The van der Waals surface area contributed by atoms with Gasteiger partial charge in [-0.25, -0.2) is 17.9 Å². The molecule has 0 radical (unpaired) electrons. The van der Waals surface area contributed by atoms with Crippen molar-refractivity contribution in [3.8, 4) is 0 Å². The Morgan fingerprint density at radius 1 is 1.03 bits per heavy atom. The minimum atomic E-state index is -3.34. The molecule has 3 fully saturated rings. The van der Waals surface area contributed by atoms with E-state index in [4.69, 9.17) is 4.74 Å². The minimum absolute atomic E-state index is 0.0413. The van der Waals surface area contributed by atoms with E-state index >= 15 is 0 Å². The molecule has 8 heteroatoms. The lowest BCUT2D eigenvalue weighted by atomic mass is 9.80. The van der Waals surface area contributed by atoms with Crippen molar-refractivity contribution >= 4 is 16.1 Å². The molecule has 3 rings (SSSR count). The molecule has 3 aliphatic rings. The molecule has 1 N–H and O–H groups in total. The zero-order valence-corrected chi connectivity index (χ0v) is 19.1. The van der Waals surface area contributed by atoms with Crippen LogP contribution in [-0.2, 0) is 14.8 Å². The average Bonchev–Trinajstić information content (AvgIpc) is 3.20. The number of hydrogen-bond donors (Lipinski definition) is 1. The number of sulfonamides is 1. The quantitative estimate of drug-likeness (QED) is 0.704. The first-order valence-corrected chi connectivity index (χ1v) is 13.3. The van der Waals surface area contributed by atoms with Crippen LogP contribution in [0.15, 0.2) is 0 Å². The summed E-state index contributed by atoms with van der Waals surface area (Å²) in [6.45, 7) is 7.25. The van der Waals surface area contributed by atoms with Gasteiger partial charge in [0.05, 0.1) is 25.0 Å². The molecule has 2 atom stereocenters. The number of rotatable bonds is 6. The molecule has 7 nitrogen and oxygen atoms in total. The topological polar surface area (TPSA) is 79.0 Å². The van der Waals surface area contributed by atoms with Crippen LogP contribution in [0.4, 0.5) is 4.79 Å². The Morgan fingerprint density at radius 2 is 1.69 bits per heavy atom. The molecule has 0 aromatic heterocycles. The first-order chi connectivity index (χ1) is 13.7. The Morgan fingerprint density at radius 3 is 2.28 bits per heavy atom. The van der Waals surface area contributed by atoms with E-state index in [-0.39, 0.29) is 24.2 Å². The molecular weight excluding hydrogens is 390 g/mol. The van der Waals surface area contributed by atoms with E-state index in [0.29, 0.717) is 19.1 Å². The Labute approximate surface area is 176 Å². The fraction of sp³-hybridized carbons (Fsp3) is 0.952. The summed E-state index contributed by atoms with van der Waals surface area (Å²) < 4.78 is 32.9. The predicted octanol–water partition coefficient (Wildman–Crippen LogP) is 2.82. The summed E-state index contributed by atoms with van der Waals surface area (Å²) >= 11 is 0. The highest BCUT2D eigenvalue weighted by Crippen LogP contribution is 2.32. The number of hydrogen-bond acceptors (Lipinski definition) is 4. The first kappa shape index (κ1) is 22.8. The Kier molecular flexibility index (Phi) is 7.84. The summed E-state index contributed by atoms with van der Waals surface area (Å²) in [5.74, 6) is 1.49. The lowest BCUT2D eigenvalue weighted by Gasteiger charge is -2.43. The highest BCUT2D eigenvalue weighted by atomic mass is 32.2. The van der Waals surface area contributed by atoms with Gasteiger partial charge in [-0.05, 0) is 63.2 Å². The van der Waals surface area contributed by atoms with Crippen LogP contribution < -0.4 is 4.72 Å². The third kappa shape index (κ3) is 6.31. The maximum Gasteiger partial charge on any atom is 0.320 e. The third-order valence-corrected chi connectivity index (χ3v) is 7.66. The average molecular weight is 430 g/mol. The van der Waals surface area contributed by atoms with Gasteiger partial charge in [0.25, 0.3) is 0 Å². The molecule has 1 saturated carbocycles. The summed E-state index contributed by atoms with van der Waals surface area (Å²) in [4.78, 5) is 16.9. The number of nitrogens with zero attached hydrogens (tertiary/aromatic N) is 2. The van der Waals surface area contributed by atoms with E-state index in [9.17, 15) is 13.2 Å². The van der Waals surface area contributed by atoms with Crippen LogP contribution in [-0.4, -0.2) is 74.9 Å². The van der Waals surface area contributed by atoms with E-state index < -0.39 is 10.0 Å². The zero-order valence-electron chi connectivity index (χ0n) is 18.3. The zero-order chi connectivity index (χ0) is 21.0. The molecule has 0 aromatic carbocycles. The lowest BCUT2D eigenvalue weighted by molar-refractivity contribution is -0.0265. The maximum absolute atomic E-state index is 13.1. The second-order valence-electron chi connectivity index (χ2n) is 9.49. The molecular formula is C21H39N3O4S. The largest absolute Gasteiger partial charge is 0.376 e. The summed E-state index contributed by atoms with van der Waals surface area (Å²) in [7, 11) is -3.34. The normalized spacial score (nSPS) is 31.4. The third-order valence-electron chi connectivity index (χ3n) is 6.93. The van der Waals surface area contributed by atoms with Crippen molar-refractivity contribution in [3.63, 3.8) is 0 Å². The number of amides is 2. The number of likely N-dealkylation sites (tertiary alicyclic amines) is 2. The smallest absolute Gasteiger partial charge is 0.320 e. The fourth-order valence-electron chi connectivity index (χ4n) is 5.16. The van der Waals surface area contributed by atoms with E-state index in [2.05, 4.69) is 18.6 Å². The number of carbonyl (C=O) groups excluding carboxylic acids is 1. The highest BCUT2D eigenvalue weighted by molar-refractivity contribution is 7.88. The van der Waals surface area contributed by atoms with E-state index in [1.807, 2.05) is 9.80 Å². The molecule has 29 heavy (non-hydrogen) atoms. The molecule has 2 aliphatic heterocycles. The van der Waals surface area contributed by atoms with Gasteiger partial charge in [0.1, 0.15) is 0 Å². The number of piperidine rings is 1. The summed E-state index contributed by atoms with van der Waals surface area (Å²) in [5, 5.41) is 0. The van der Waals surface area contributed by atoms with Gasteiger partial charge < -0.3 is 14.5 Å². The summed E-state index contributed by atoms with van der Waals surface area (Å²) in [6, 6.07) is -0.480. The van der Waals surface area contributed by atoms with Crippen molar-refractivity contribution in [1.29, 1.82) is 0 Å². The molecule has 0 unspecified atom stereocenters. The van der Waals surface area contributed by atoms with Crippen LogP contribution in [0.5, 0.6) is 0 Å². The summed E-state index contributed by atoms with van der Waals surface area (Å²) in [6.07, 6.45) is 9.54. The van der Waals surface area contributed by atoms with Crippen LogP contribution in [0.3, 0.4) is 0 Å². The predicted molar refractivity (Wildman–Crippen MR) is 114 cm³/mol. The molecule has 2 heterocycles. The molecule has 0 bridgehead atoms. The van der Waals surface area contributed by atoms with Gasteiger partial charge in [0.15, 0.2) is 0 Å². The molecule has 0 spiro atoms. The molecule has 1 aliphatic carbocycles. The van der Waals surface area contributed by atoms with Crippen molar-refractivity contribution in [2.24, 2.45) is 11.8 Å². The number of ether oxygens (including phenoxy) is 1. The first-order valence-electron chi connectivity index (χ1n) is 11.4. The van der Waals surface area contributed by atoms with Gasteiger partial charge in [0, 0.05) is 25.7 Å². The SMILES string of the molecule is CC(C)C1CCC(OC[C@H]2[C@@H](NS(C)(=O)=O)CCCN2C(=O)N2CCCC2)CC1. The monoisotopic (exact) mass is 429 g/mol. The summed E-state index contributed by atoms with van der Waals surface area (Å²) in [5.41, 5.74) is 0. The van der Waals surface area contributed by atoms with Crippen LogP contribution in [0.25, 0.3) is 0 Å². The van der Waals surface area contributed by atoms with Crippen molar-refractivity contribution in [2.45, 2.75) is 83.4 Å². The molecule has 168 valence electrons. The van der Waals surface area contributed by atoms with Crippen LogP contribution >= 0.6 is 0 Å². The van der Waals surface area contributed by atoms with Crippen LogP contribution in [0, 0.1) is 11.8 Å². The van der Waals surface area contributed by atoms with Crippen molar-refractivity contribution in [2.75, 3.05) is 32.5 Å². The second kappa shape index (κ2) is 9.96. The standard InChI is InChI=1S/C21H39N3O4S/c1-16(2)17-8-10-18(11-9-17)28-15-20-19(22-29(3,26)27)7-6-14-24(20)21(25)23-12-4-5-13-23/h16-20,22H,4-15H2,1-3H3/t17?,18?,19-,20-/m0/s1. The van der Waals surface area contributed by atoms with Crippen LogP contribution in [0.2, 0.25) is 0 Å². The Balaban J connectivity index is 1.65. The highest BCUT2D eigenvalue weighted by Gasteiger charge is 2.38. The van der Waals surface area contributed by atoms with E-state index in [1.165, 1.54) is 19.1 Å². The Bertz CT molecular complexity index is 640. The van der Waals surface area contributed by atoms with Gasteiger partial charge >= 0.3 is 6.03 Å². The minimum Gasteiger partial charge on any atom is -0.376 e. The van der Waals surface area contributed by atoms with Crippen molar-refractivity contribution < 1.29 is 17.9 Å². The van der Waals surface area contributed by atoms with Gasteiger partial charge in [0.2, 0.25) is 10.0 Å². The van der Waals surface area contributed by atoms with Gasteiger partial charge in [-0.15, -0.1) is 0 Å². The van der Waals surface area contributed by atoms with Crippen molar-refractivity contribution in [1.82, 2.24) is 14.5 Å². The fourth-order valence-corrected chi connectivity index (χ4v) is 5.98. The van der Waals surface area contributed by atoms with Gasteiger partial charge in [-0.3, -0.25) is 0 Å². The maximum atomic E-state index is 13.1. The van der Waals surface area contributed by atoms with E-state index in [1.54, 1.807) is 0 Å². The van der Waals surface area contributed by atoms with Crippen LogP contribution in [0.1, 0.15) is 65.2 Å². The van der Waals surface area contributed by atoms with Gasteiger partial charge in [-0.2, -0.15) is 0 Å². The molecule has 0 aromatic rings.